The zero-order valence-corrected chi connectivity index (χ0v) is 43.3. The fraction of sp³-hybridized carbons (Fsp3) is 0.200. The first-order valence-corrected chi connectivity index (χ1v) is 25.8. The first-order valence-electron chi connectivity index (χ1n) is 25.8. The quantitative estimate of drug-likeness (QED) is 0.0514. The van der Waals surface area contributed by atoms with Gasteiger partial charge in [0.15, 0.2) is 0 Å². The Balaban J connectivity index is 0.00000366. The highest BCUT2D eigenvalue weighted by Gasteiger charge is 2.43. The molecule has 0 amide bonds. The number of allylic oxidation sites excluding steroid dienone is 17. The number of hydrogen-bond acceptors (Lipinski definition) is 1. The molecule has 358 valence electrons. The van der Waals surface area contributed by atoms with E-state index in [1.54, 1.807) is 0 Å². The number of rotatable bonds is 18. The summed E-state index contributed by atoms with van der Waals surface area (Å²) in [5, 5.41) is 9.15. The Morgan fingerprint density at radius 3 is 2.24 bits per heavy atom. The molecule has 0 fully saturated rings. The lowest BCUT2D eigenvalue weighted by Gasteiger charge is -2.38. The molecular weight excluding hydrogens is 855 g/mol. The van der Waals surface area contributed by atoms with Crippen LogP contribution in [0.3, 0.4) is 0 Å². The van der Waals surface area contributed by atoms with E-state index in [0.717, 1.165) is 36.8 Å². The fourth-order valence-corrected chi connectivity index (χ4v) is 10.4. The minimum atomic E-state index is -0.361. The molecule has 0 spiro atoms. The maximum Gasteiger partial charge on any atom is 0.0620 e. The molecule has 8 rings (SSSR count). The number of aryl methyl sites for hydroxylation is 1. The van der Waals surface area contributed by atoms with Crippen LogP contribution in [0, 0.1) is 5.92 Å². The summed E-state index contributed by atoms with van der Waals surface area (Å²) in [4.78, 5) is 0. The van der Waals surface area contributed by atoms with Crippen molar-refractivity contribution in [1.29, 1.82) is 0 Å². The number of benzene rings is 6. The minimum Gasteiger partial charge on any atom is -0.381 e. The van der Waals surface area contributed by atoms with Crippen LogP contribution in [-0.2, 0) is 11.8 Å². The van der Waals surface area contributed by atoms with E-state index in [4.69, 9.17) is 0 Å². The van der Waals surface area contributed by atoms with Crippen molar-refractivity contribution in [2.45, 2.75) is 85.1 Å². The van der Waals surface area contributed by atoms with Gasteiger partial charge in [0.2, 0.25) is 0 Å². The van der Waals surface area contributed by atoms with Crippen molar-refractivity contribution in [3.8, 4) is 11.1 Å². The van der Waals surface area contributed by atoms with Gasteiger partial charge >= 0.3 is 0 Å². The highest BCUT2D eigenvalue weighted by atomic mass is 15.0. The van der Waals surface area contributed by atoms with Gasteiger partial charge < -0.3 is 5.32 Å². The van der Waals surface area contributed by atoms with E-state index in [2.05, 4.69) is 266 Å². The number of fused-ring (bicyclic) bond motifs is 9. The molecule has 0 aromatic heterocycles. The Kier molecular flexibility index (Phi) is 17.6. The second kappa shape index (κ2) is 24.4. The summed E-state index contributed by atoms with van der Waals surface area (Å²) in [6, 6.07) is 43.1. The summed E-state index contributed by atoms with van der Waals surface area (Å²) in [6.07, 6.45) is 45.0. The first-order chi connectivity index (χ1) is 34.8. The van der Waals surface area contributed by atoms with Gasteiger partial charge in [-0.15, -0.1) is 6.58 Å². The molecule has 0 heterocycles. The van der Waals surface area contributed by atoms with Gasteiger partial charge in [-0.25, -0.2) is 0 Å². The van der Waals surface area contributed by atoms with Gasteiger partial charge in [0.25, 0.3) is 0 Å². The van der Waals surface area contributed by atoms with Crippen molar-refractivity contribution in [1.82, 2.24) is 5.32 Å². The van der Waals surface area contributed by atoms with Gasteiger partial charge in [0.05, 0.1) is 5.54 Å². The van der Waals surface area contributed by atoms with Gasteiger partial charge in [-0.2, -0.15) is 0 Å². The standard InChI is InChI=1S/C68H67N.C2H6/c1-8-12-15-16-27-46-68(55-31-19-17-20-32-55)65-39-26-25-37-61(65)62-44-41-51(48-66(62)68)40-42-53(30-28-47-69-67(7,50(5)6)64(38-14-10-3)52(11-4)29-18-13-9-2)54-43-45-60-58-35-22-21-33-56(58)57-34-23-24-36-59(57)63(60)49-54;1-2/h8-12,14-21,23-34,36-45,47-50,69H,1-2,13,22,35,46H2,3-7H3;1-2H3/b14-10-,15-12-,27-16-,29-18-,42-40-,47-28+,52-11+,53-30+,64-38-;. The van der Waals surface area contributed by atoms with E-state index in [1.165, 1.54) is 77.2 Å². The largest absolute Gasteiger partial charge is 0.381 e. The summed E-state index contributed by atoms with van der Waals surface area (Å²) in [5.74, 6) is 0.285. The van der Waals surface area contributed by atoms with Crippen LogP contribution in [0.1, 0.15) is 107 Å². The predicted octanol–water partition coefficient (Wildman–Crippen LogP) is 19.2. The van der Waals surface area contributed by atoms with Crippen molar-refractivity contribution in [3.63, 3.8) is 0 Å². The third-order valence-electron chi connectivity index (χ3n) is 14.3. The van der Waals surface area contributed by atoms with E-state index in [9.17, 15) is 0 Å². The molecular formula is C70H73N. The third-order valence-corrected chi connectivity index (χ3v) is 14.3. The second-order valence-electron chi connectivity index (χ2n) is 18.6. The van der Waals surface area contributed by atoms with Crippen molar-refractivity contribution in [3.05, 3.63) is 282 Å². The highest BCUT2D eigenvalue weighted by molar-refractivity contribution is 6.13. The van der Waals surface area contributed by atoms with Crippen molar-refractivity contribution in [2.24, 2.45) is 5.92 Å². The second-order valence-corrected chi connectivity index (χ2v) is 18.6. The molecule has 6 aromatic rings. The molecule has 2 atom stereocenters. The van der Waals surface area contributed by atoms with Crippen LogP contribution in [0.25, 0.3) is 50.4 Å². The molecule has 0 saturated carbocycles. The number of hydrogen-bond donors (Lipinski definition) is 1. The summed E-state index contributed by atoms with van der Waals surface area (Å²) in [6.45, 7) is 22.9. The van der Waals surface area contributed by atoms with Gasteiger partial charge in [-0.05, 0) is 165 Å². The molecule has 2 unspecified atom stereocenters. The molecule has 71 heavy (non-hydrogen) atoms. The van der Waals surface area contributed by atoms with E-state index < -0.39 is 0 Å². The summed E-state index contributed by atoms with van der Waals surface area (Å²) < 4.78 is 0. The Morgan fingerprint density at radius 2 is 1.48 bits per heavy atom. The van der Waals surface area contributed by atoms with E-state index in [-0.39, 0.29) is 16.9 Å². The van der Waals surface area contributed by atoms with Gasteiger partial charge in [0, 0.05) is 5.41 Å². The minimum absolute atomic E-state index is 0.285. The summed E-state index contributed by atoms with van der Waals surface area (Å²) in [7, 11) is 0. The molecule has 0 aliphatic heterocycles. The Hall–Kier alpha value is -7.48. The molecule has 0 bridgehead atoms. The maximum absolute atomic E-state index is 3.93. The molecule has 0 radical (unpaired) electrons. The van der Waals surface area contributed by atoms with Gasteiger partial charge in [0.1, 0.15) is 0 Å². The van der Waals surface area contributed by atoms with Crippen LogP contribution < -0.4 is 5.32 Å². The maximum atomic E-state index is 3.93. The van der Waals surface area contributed by atoms with Gasteiger partial charge in [-0.1, -0.05) is 241 Å². The van der Waals surface area contributed by atoms with Crippen LogP contribution in [0.15, 0.2) is 243 Å². The smallest absolute Gasteiger partial charge is 0.0620 e. The molecule has 2 aliphatic carbocycles. The number of nitrogens with one attached hydrogen (secondary N) is 1. The Bertz CT molecular complexity index is 3170. The van der Waals surface area contributed by atoms with E-state index in [0.29, 0.717) is 0 Å². The predicted molar refractivity (Wildman–Crippen MR) is 315 cm³/mol. The zero-order valence-electron chi connectivity index (χ0n) is 43.3. The molecule has 1 N–H and O–H groups in total. The lowest BCUT2D eigenvalue weighted by atomic mass is 9.70. The Labute approximate surface area is 426 Å². The van der Waals surface area contributed by atoms with Crippen molar-refractivity contribution < 1.29 is 0 Å². The van der Waals surface area contributed by atoms with Crippen molar-refractivity contribution >= 4 is 39.3 Å². The highest BCUT2D eigenvalue weighted by Crippen LogP contribution is 2.55. The average molecular weight is 928 g/mol. The zero-order chi connectivity index (χ0) is 50.2. The third kappa shape index (κ3) is 10.8. The fourth-order valence-electron chi connectivity index (χ4n) is 10.4. The topological polar surface area (TPSA) is 12.0 Å². The van der Waals surface area contributed by atoms with Crippen LogP contribution in [0.4, 0.5) is 0 Å². The van der Waals surface area contributed by atoms with Crippen molar-refractivity contribution in [2.75, 3.05) is 0 Å². The SMILES string of the molecule is C=C/C=C\C=C/CC1(c2ccccc2)c2ccccc2-c2ccc(\C=C/C(=C\C=C\NC(C)(C(=C\C=C/C)/C(/C=C\CC=C)=C/C)C(C)C)c3ccc4c5c(c6ccccc6c4c3)C=CCC5)cc21.CC. The average Bonchev–Trinajstić information content (AvgIpc) is 3.70. The van der Waals surface area contributed by atoms with Crippen LogP contribution in [0.5, 0.6) is 0 Å². The molecule has 1 heteroatoms. The van der Waals surface area contributed by atoms with E-state index >= 15 is 0 Å². The Morgan fingerprint density at radius 1 is 0.718 bits per heavy atom. The summed E-state index contributed by atoms with van der Waals surface area (Å²) >= 11 is 0. The summed E-state index contributed by atoms with van der Waals surface area (Å²) in [5.41, 5.74) is 14.5. The van der Waals surface area contributed by atoms with Crippen LogP contribution >= 0.6 is 0 Å². The monoisotopic (exact) mass is 928 g/mol. The van der Waals surface area contributed by atoms with Gasteiger partial charge in [-0.3, -0.25) is 0 Å². The normalized spacial score (nSPS) is 16.9. The lowest BCUT2D eigenvalue weighted by molar-refractivity contribution is 0.349. The molecule has 2 aliphatic rings. The van der Waals surface area contributed by atoms with Crippen LogP contribution in [-0.4, -0.2) is 5.54 Å². The molecule has 1 nitrogen and oxygen atoms in total. The van der Waals surface area contributed by atoms with Crippen LogP contribution in [0.2, 0.25) is 0 Å². The molecule has 6 aromatic carbocycles. The first kappa shape index (κ1) is 51.4. The lowest BCUT2D eigenvalue weighted by Crippen LogP contribution is -2.46. The van der Waals surface area contributed by atoms with E-state index in [1.807, 2.05) is 32.1 Å². The molecule has 0 saturated heterocycles.